The summed E-state index contributed by atoms with van der Waals surface area (Å²) in [6, 6.07) is 8.82. The zero-order valence-corrected chi connectivity index (χ0v) is 15.9. The standard InChI is InChI=1S/C20H23N5O3/c1-21-19(28)17-18(27)16(26)11-25(23-17)12-20(8-9-20)14-5-3-13(4-6-14)15-7-10-22-24(15)2/h3-6,10-11,15,26H,7-9,12H2,1-2H3,(H,21,28). The van der Waals surface area contributed by atoms with Crippen molar-refractivity contribution in [3.63, 3.8) is 0 Å². The van der Waals surface area contributed by atoms with Crippen LogP contribution in [0.5, 0.6) is 5.75 Å². The molecule has 1 unspecified atom stereocenters. The number of hydrazone groups is 1. The summed E-state index contributed by atoms with van der Waals surface area (Å²) in [6.45, 7) is 0.497. The van der Waals surface area contributed by atoms with Gasteiger partial charge in [-0.25, -0.2) is 0 Å². The maximum Gasteiger partial charge on any atom is 0.275 e. The number of hydrogen-bond donors (Lipinski definition) is 2. The van der Waals surface area contributed by atoms with Crippen molar-refractivity contribution in [1.29, 1.82) is 0 Å². The second-order valence-corrected chi connectivity index (χ2v) is 7.49. The average Bonchev–Trinajstić information content (AvgIpc) is 3.35. The van der Waals surface area contributed by atoms with Gasteiger partial charge >= 0.3 is 0 Å². The second kappa shape index (κ2) is 6.78. The molecule has 146 valence electrons. The van der Waals surface area contributed by atoms with Gasteiger partial charge in [-0.2, -0.15) is 10.2 Å². The summed E-state index contributed by atoms with van der Waals surface area (Å²) in [7, 11) is 3.40. The predicted molar refractivity (Wildman–Crippen MR) is 105 cm³/mol. The normalized spacial score (nSPS) is 19.6. The Labute approximate surface area is 162 Å². The first-order valence-electron chi connectivity index (χ1n) is 9.32. The van der Waals surface area contributed by atoms with Crippen LogP contribution in [0.25, 0.3) is 0 Å². The van der Waals surface area contributed by atoms with E-state index < -0.39 is 17.1 Å². The van der Waals surface area contributed by atoms with Crippen LogP contribution in [-0.4, -0.2) is 46.1 Å². The SMILES string of the molecule is CNC(=O)c1nn(CC2(c3ccc(C4CC=NN4C)cc3)CC2)cc(O)c1=O. The number of carbonyl (C=O) groups excluding carboxylic acids is 1. The number of benzene rings is 1. The Bertz CT molecular complexity index is 992. The van der Waals surface area contributed by atoms with Gasteiger partial charge < -0.3 is 10.4 Å². The molecule has 1 saturated carbocycles. The van der Waals surface area contributed by atoms with Crippen LogP contribution >= 0.6 is 0 Å². The average molecular weight is 381 g/mol. The van der Waals surface area contributed by atoms with Crippen LogP contribution in [0.1, 0.15) is 46.9 Å². The topological polar surface area (TPSA) is 99.8 Å². The predicted octanol–water partition coefficient (Wildman–Crippen LogP) is 1.40. The lowest BCUT2D eigenvalue weighted by Crippen LogP contribution is -2.30. The zero-order chi connectivity index (χ0) is 19.9. The van der Waals surface area contributed by atoms with E-state index in [2.05, 4.69) is 39.8 Å². The number of nitrogens with zero attached hydrogens (tertiary/aromatic N) is 4. The molecule has 1 atom stereocenters. The smallest absolute Gasteiger partial charge is 0.275 e. The van der Waals surface area contributed by atoms with Gasteiger partial charge in [0.25, 0.3) is 11.3 Å². The van der Waals surface area contributed by atoms with Gasteiger partial charge in [-0.1, -0.05) is 24.3 Å². The first-order chi connectivity index (χ1) is 13.4. The van der Waals surface area contributed by atoms with E-state index in [0.29, 0.717) is 6.54 Å². The molecule has 8 nitrogen and oxygen atoms in total. The van der Waals surface area contributed by atoms with Gasteiger partial charge in [0.1, 0.15) is 0 Å². The molecule has 1 aliphatic heterocycles. The van der Waals surface area contributed by atoms with E-state index in [1.54, 1.807) is 0 Å². The summed E-state index contributed by atoms with van der Waals surface area (Å²) < 4.78 is 1.50. The van der Waals surface area contributed by atoms with E-state index in [9.17, 15) is 14.7 Å². The summed E-state index contributed by atoms with van der Waals surface area (Å²) in [5, 5.41) is 22.7. The minimum Gasteiger partial charge on any atom is -0.503 e. The van der Waals surface area contributed by atoms with Crippen molar-refractivity contribution in [3.8, 4) is 5.75 Å². The van der Waals surface area contributed by atoms with E-state index in [4.69, 9.17) is 0 Å². The second-order valence-electron chi connectivity index (χ2n) is 7.49. The van der Waals surface area contributed by atoms with Crippen LogP contribution in [0.2, 0.25) is 0 Å². The Morgan fingerprint density at radius 2 is 2.04 bits per heavy atom. The third-order valence-electron chi connectivity index (χ3n) is 5.66. The maximum absolute atomic E-state index is 12.0. The molecule has 1 aliphatic carbocycles. The summed E-state index contributed by atoms with van der Waals surface area (Å²) >= 11 is 0. The van der Waals surface area contributed by atoms with Crippen molar-refractivity contribution < 1.29 is 9.90 Å². The van der Waals surface area contributed by atoms with Crippen LogP contribution in [0.3, 0.4) is 0 Å². The fraction of sp³-hybridized carbons (Fsp3) is 0.400. The van der Waals surface area contributed by atoms with Gasteiger partial charge in [0, 0.05) is 32.1 Å². The number of hydrogen-bond acceptors (Lipinski definition) is 6. The third kappa shape index (κ3) is 3.15. The molecule has 2 heterocycles. The van der Waals surface area contributed by atoms with Gasteiger partial charge in [-0.05, 0) is 24.0 Å². The Morgan fingerprint density at radius 3 is 2.61 bits per heavy atom. The van der Waals surface area contributed by atoms with Gasteiger partial charge in [0.15, 0.2) is 11.4 Å². The Balaban J connectivity index is 1.58. The molecule has 8 heteroatoms. The van der Waals surface area contributed by atoms with Gasteiger partial charge in [-0.15, -0.1) is 0 Å². The minimum atomic E-state index is -0.757. The molecule has 0 spiro atoms. The lowest BCUT2D eigenvalue weighted by molar-refractivity contribution is 0.0953. The van der Waals surface area contributed by atoms with Crippen molar-refractivity contribution >= 4 is 12.1 Å². The van der Waals surface area contributed by atoms with Gasteiger partial charge in [-0.3, -0.25) is 19.3 Å². The fourth-order valence-electron chi connectivity index (χ4n) is 3.79. The van der Waals surface area contributed by atoms with Crippen LogP contribution in [0, 0.1) is 0 Å². The number of aromatic nitrogens is 2. The highest BCUT2D eigenvalue weighted by Gasteiger charge is 2.45. The monoisotopic (exact) mass is 381 g/mol. The molecule has 1 aromatic carbocycles. The molecule has 0 radical (unpaired) electrons. The van der Waals surface area contributed by atoms with E-state index in [0.717, 1.165) is 19.3 Å². The third-order valence-corrected chi connectivity index (χ3v) is 5.66. The summed E-state index contributed by atoms with van der Waals surface area (Å²) in [4.78, 5) is 23.8. The van der Waals surface area contributed by atoms with Crippen molar-refractivity contribution in [2.75, 3.05) is 14.1 Å². The van der Waals surface area contributed by atoms with Crippen molar-refractivity contribution in [2.24, 2.45) is 5.10 Å². The highest BCUT2D eigenvalue weighted by molar-refractivity contribution is 5.92. The number of rotatable bonds is 5. The maximum atomic E-state index is 12.0. The van der Waals surface area contributed by atoms with Crippen LogP contribution < -0.4 is 10.7 Å². The largest absolute Gasteiger partial charge is 0.503 e. The molecule has 1 amide bonds. The lowest BCUT2D eigenvalue weighted by Gasteiger charge is -2.21. The van der Waals surface area contributed by atoms with E-state index in [1.807, 2.05) is 18.3 Å². The van der Waals surface area contributed by atoms with Gasteiger partial charge in [0.05, 0.1) is 18.8 Å². The highest BCUT2D eigenvalue weighted by Crippen LogP contribution is 2.49. The lowest BCUT2D eigenvalue weighted by atomic mass is 9.93. The highest BCUT2D eigenvalue weighted by atomic mass is 16.3. The molecule has 2 aliphatic rings. The van der Waals surface area contributed by atoms with Crippen LogP contribution in [-0.2, 0) is 12.0 Å². The van der Waals surface area contributed by atoms with Crippen molar-refractivity contribution in [2.45, 2.75) is 37.3 Å². The minimum absolute atomic E-state index is 0.0922. The van der Waals surface area contributed by atoms with Crippen molar-refractivity contribution in [3.05, 3.63) is 57.5 Å². The summed E-state index contributed by atoms with van der Waals surface area (Å²) in [5.41, 5.74) is 1.27. The molecule has 4 rings (SSSR count). The Kier molecular flexibility index (Phi) is 4.41. The number of carbonyl (C=O) groups is 1. The molecule has 0 bridgehead atoms. The molecule has 28 heavy (non-hydrogen) atoms. The Hall–Kier alpha value is -3.16. The van der Waals surface area contributed by atoms with Crippen LogP contribution in [0.4, 0.5) is 0 Å². The molecule has 0 saturated heterocycles. The fourth-order valence-corrected chi connectivity index (χ4v) is 3.79. The first-order valence-corrected chi connectivity index (χ1v) is 9.32. The molecule has 2 N–H and O–H groups in total. The molecular weight excluding hydrogens is 358 g/mol. The van der Waals surface area contributed by atoms with E-state index in [-0.39, 0.29) is 17.2 Å². The molecular formula is C20H23N5O3. The van der Waals surface area contributed by atoms with Crippen molar-refractivity contribution in [1.82, 2.24) is 20.1 Å². The molecule has 2 aromatic rings. The Morgan fingerprint density at radius 1 is 1.32 bits per heavy atom. The summed E-state index contributed by atoms with van der Waals surface area (Å²) in [5.74, 6) is -1.07. The van der Waals surface area contributed by atoms with Crippen LogP contribution in [0.15, 0.2) is 40.4 Å². The quantitative estimate of drug-likeness (QED) is 0.816. The molecule has 1 aromatic heterocycles. The zero-order valence-electron chi connectivity index (χ0n) is 15.9. The molecule has 1 fully saturated rings. The van der Waals surface area contributed by atoms with Gasteiger partial charge in [0.2, 0.25) is 0 Å². The van der Waals surface area contributed by atoms with E-state index >= 15 is 0 Å². The summed E-state index contributed by atoms with van der Waals surface area (Å²) in [6.07, 6.45) is 6.11. The van der Waals surface area contributed by atoms with E-state index in [1.165, 1.54) is 29.1 Å². The number of amides is 1. The first kappa shape index (κ1) is 18.2. The number of aromatic hydroxyl groups is 1. The number of nitrogens with one attached hydrogen (secondary N) is 1.